The quantitative estimate of drug-likeness (QED) is 0.603. The van der Waals surface area contributed by atoms with Gasteiger partial charge in [0, 0.05) is 13.2 Å². The average Bonchev–Trinajstić information content (AvgIpc) is 1.85. The van der Waals surface area contributed by atoms with Crippen molar-refractivity contribution in [3.8, 4) is 0 Å². The van der Waals surface area contributed by atoms with Crippen LogP contribution in [0.2, 0.25) is 0 Å². The number of rotatable bonds is 2. The third-order valence-electron chi connectivity index (χ3n) is 1.11. The summed E-state index contributed by atoms with van der Waals surface area (Å²) in [6.07, 6.45) is 0. The van der Waals surface area contributed by atoms with Crippen molar-refractivity contribution in [3.05, 3.63) is 22.1 Å². The van der Waals surface area contributed by atoms with Crippen molar-refractivity contribution >= 4 is 5.95 Å². The molecule has 0 aliphatic carbocycles. The van der Waals surface area contributed by atoms with Gasteiger partial charge in [-0.15, -0.1) is 0 Å². The lowest BCUT2D eigenvalue weighted by molar-refractivity contribution is 0.181. The molecule has 0 radical (unpaired) electrons. The summed E-state index contributed by atoms with van der Waals surface area (Å²) in [6.45, 7) is 0.300. The fourth-order valence-electron chi connectivity index (χ4n) is 0.750. The highest BCUT2D eigenvalue weighted by Gasteiger charge is 1.96. The summed E-state index contributed by atoms with van der Waals surface area (Å²) in [7, 11) is 1.53. The Labute approximate surface area is 63.2 Å². The van der Waals surface area contributed by atoms with Gasteiger partial charge in [-0.05, 0) is 0 Å². The number of ether oxygens (including phenoxy) is 1. The molecule has 3 N–H and O–H groups in total. The van der Waals surface area contributed by atoms with Gasteiger partial charge in [-0.3, -0.25) is 9.78 Å². The number of nitrogens with zero attached hydrogens (tertiary/aromatic N) is 1. The second kappa shape index (κ2) is 3.16. The Morgan fingerprint density at radius 2 is 2.55 bits per heavy atom. The number of aromatic nitrogens is 2. The van der Waals surface area contributed by atoms with E-state index >= 15 is 0 Å². The number of aromatic amines is 1. The number of nitrogens with one attached hydrogen (secondary N) is 1. The molecule has 11 heavy (non-hydrogen) atoms. The van der Waals surface area contributed by atoms with Crippen molar-refractivity contribution in [2.24, 2.45) is 0 Å². The summed E-state index contributed by atoms with van der Waals surface area (Å²) >= 11 is 0. The Morgan fingerprint density at radius 3 is 3.09 bits per heavy atom. The number of H-pyrrole nitrogens is 1. The monoisotopic (exact) mass is 155 g/mol. The first kappa shape index (κ1) is 7.74. The molecule has 1 aromatic heterocycles. The summed E-state index contributed by atoms with van der Waals surface area (Å²) < 4.78 is 4.77. The molecule has 0 unspecified atom stereocenters. The van der Waals surface area contributed by atoms with E-state index in [9.17, 15) is 4.79 Å². The highest BCUT2D eigenvalue weighted by molar-refractivity contribution is 5.16. The average molecular weight is 155 g/mol. The van der Waals surface area contributed by atoms with Crippen LogP contribution in [-0.4, -0.2) is 17.1 Å². The molecule has 0 saturated carbocycles. The molecule has 0 saturated heterocycles. The minimum absolute atomic E-state index is 0.115. The van der Waals surface area contributed by atoms with E-state index in [4.69, 9.17) is 10.5 Å². The first-order valence-electron chi connectivity index (χ1n) is 3.07. The summed E-state index contributed by atoms with van der Waals surface area (Å²) in [5.74, 6) is 0.115. The largest absolute Gasteiger partial charge is 0.378 e. The molecule has 5 nitrogen and oxygen atoms in total. The third kappa shape index (κ3) is 2.05. The van der Waals surface area contributed by atoms with Gasteiger partial charge in [-0.1, -0.05) is 0 Å². The van der Waals surface area contributed by atoms with Crippen LogP contribution in [0, 0.1) is 0 Å². The normalized spacial score (nSPS) is 9.91. The van der Waals surface area contributed by atoms with Crippen LogP contribution in [-0.2, 0) is 11.3 Å². The van der Waals surface area contributed by atoms with E-state index in [0.717, 1.165) is 0 Å². The Balaban J connectivity index is 2.99. The van der Waals surface area contributed by atoms with Gasteiger partial charge in [0.25, 0.3) is 5.56 Å². The van der Waals surface area contributed by atoms with E-state index in [1.54, 1.807) is 0 Å². The summed E-state index contributed by atoms with van der Waals surface area (Å²) in [5, 5.41) is 0. The lowest BCUT2D eigenvalue weighted by atomic mass is 10.4. The maximum absolute atomic E-state index is 10.8. The molecule has 0 aromatic carbocycles. The molecule has 0 spiro atoms. The molecular weight excluding hydrogens is 146 g/mol. The second-order valence-corrected chi connectivity index (χ2v) is 2.05. The van der Waals surface area contributed by atoms with Crippen LogP contribution in [0.15, 0.2) is 10.9 Å². The van der Waals surface area contributed by atoms with Gasteiger partial charge < -0.3 is 10.5 Å². The summed E-state index contributed by atoms with van der Waals surface area (Å²) in [5.41, 5.74) is 5.54. The third-order valence-corrected chi connectivity index (χ3v) is 1.11. The molecule has 0 bridgehead atoms. The molecule has 0 amide bonds. The molecule has 0 aliphatic heterocycles. The Bertz CT molecular complexity index is 294. The first-order chi connectivity index (χ1) is 5.22. The maximum Gasteiger partial charge on any atom is 0.252 e. The highest BCUT2D eigenvalue weighted by Crippen LogP contribution is 1.93. The topological polar surface area (TPSA) is 81.0 Å². The summed E-state index contributed by atoms with van der Waals surface area (Å²) in [4.78, 5) is 16.9. The fourth-order valence-corrected chi connectivity index (χ4v) is 0.750. The van der Waals surface area contributed by atoms with Crippen LogP contribution in [0.4, 0.5) is 5.95 Å². The molecule has 0 aliphatic rings. The van der Waals surface area contributed by atoms with Gasteiger partial charge in [0.1, 0.15) is 0 Å². The number of nitrogens with two attached hydrogens (primary N) is 1. The van der Waals surface area contributed by atoms with E-state index in [-0.39, 0.29) is 11.5 Å². The molecule has 1 heterocycles. The van der Waals surface area contributed by atoms with Gasteiger partial charge in [0.15, 0.2) is 0 Å². The lowest BCUT2D eigenvalue weighted by Gasteiger charge is -1.97. The zero-order chi connectivity index (χ0) is 8.27. The number of hydrogen-bond donors (Lipinski definition) is 2. The van der Waals surface area contributed by atoms with E-state index in [1.807, 2.05) is 0 Å². The number of hydrogen-bond acceptors (Lipinski definition) is 4. The Hall–Kier alpha value is -1.36. The van der Waals surface area contributed by atoms with Crippen LogP contribution in [0.1, 0.15) is 5.69 Å². The Morgan fingerprint density at radius 1 is 1.82 bits per heavy atom. The fraction of sp³-hybridized carbons (Fsp3) is 0.333. The van der Waals surface area contributed by atoms with Crippen LogP contribution in [0.3, 0.4) is 0 Å². The van der Waals surface area contributed by atoms with Crippen LogP contribution >= 0.6 is 0 Å². The van der Waals surface area contributed by atoms with E-state index in [0.29, 0.717) is 12.3 Å². The molecular formula is C6H9N3O2. The van der Waals surface area contributed by atoms with Crippen molar-refractivity contribution in [2.75, 3.05) is 12.8 Å². The predicted molar refractivity (Wildman–Crippen MR) is 40.0 cm³/mol. The molecule has 0 atom stereocenters. The summed E-state index contributed by atoms with van der Waals surface area (Å²) in [6, 6.07) is 1.35. The number of anilines is 1. The molecule has 1 rings (SSSR count). The van der Waals surface area contributed by atoms with Crippen molar-refractivity contribution in [1.29, 1.82) is 0 Å². The number of methoxy groups -OCH3 is 1. The lowest BCUT2D eigenvalue weighted by Crippen LogP contribution is -2.12. The van der Waals surface area contributed by atoms with E-state index in [2.05, 4.69) is 9.97 Å². The van der Waals surface area contributed by atoms with E-state index < -0.39 is 0 Å². The van der Waals surface area contributed by atoms with Crippen LogP contribution < -0.4 is 11.3 Å². The highest BCUT2D eigenvalue weighted by atomic mass is 16.5. The standard InChI is InChI=1S/C6H9N3O2/c1-11-3-4-2-5(10)9-6(7)8-4/h2H,3H2,1H3,(H3,7,8,9,10). The van der Waals surface area contributed by atoms with Crippen LogP contribution in [0.25, 0.3) is 0 Å². The van der Waals surface area contributed by atoms with Gasteiger partial charge in [-0.2, -0.15) is 0 Å². The molecule has 0 fully saturated rings. The molecule has 60 valence electrons. The minimum atomic E-state index is -0.260. The van der Waals surface area contributed by atoms with Gasteiger partial charge >= 0.3 is 0 Å². The first-order valence-corrected chi connectivity index (χ1v) is 3.07. The minimum Gasteiger partial charge on any atom is -0.378 e. The molecule has 1 aromatic rings. The SMILES string of the molecule is COCc1cc(=O)[nH]c(N)n1. The van der Waals surface area contributed by atoms with Crippen molar-refractivity contribution in [2.45, 2.75) is 6.61 Å². The van der Waals surface area contributed by atoms with Gasteiger partial charge in [0.2, 0.25) is 5.95 Å². The van der Waals surface area contributed by atoms with Gasteiger partial charge in [0.05, 0.1) is 12.3 Å². The van der Waals surface area contributed by atoms with E-state index in [1.165, 1.54) is 13.2 Å². The zero-order valence-corrected chi connectivity index (χ0v) is 6.13. The second-order valence-electron chi connectivity index (χ2n) is 2.05. The zero-order valence-electron chi connectivity index (χ0n) is 6.13. The predicted octanol–water partition coefficient (Wildman–Crippen LogP) is -0.502. The number of nitrogen functional groups attached to an aromatic ring is 1. The van der Waals surface area contributed by atoms with Crippen LogP contribution in [0.5, 0.6) is 0 Å². The van der Waals surface area contributed by atoms with Crippen molar-refractivity contribution < 1.29 is 4.74 Å². The smallest absolute Gasteiger partial charge is 0.252 e. The van der Waals surface area contributed by atoms with Crippen molar-refractivity contribution in [1.82, 2.24) is 9.97 Å². The van der Waals surface area contributed by atoms with Gasteiger partial charge in [-0.25, -0.2) is 4.98 Å². The maximum atomic E-state index is 10.8. The van der Waals surface area contributed by atoms with Crippen molar-refractivity contribution in [3.63, 3.8) is 0 Å². The Kier molecular flexibility index (Phi) is 2.22. The molecule has 5 heteroatoms.